The van der Waals surface area contributed by atoms with E-state index in [0.717, 1.165) is 0 Å². The normalized spacial score (nSPS) is 12.0. The van der Waals surface area contributed by atoms with Gasteiger partial charge in [0.1, 0.15) is 0 Å². The maximum atomic E-state index is 2.35. The average molecular weight is 429 g/mol. The highest BCUT2D eigenvalue weighted by Gasteiger charge is 2.20. The van der Waals surface area contributed by atoms with E-state index >= 15 is 0 Å². The Morgan fingerprint density at radius 2 is 0.567 bits per heavy atom. The van der Waals surface area contributed by atoms with Crippen LogP contribution in [0, 0.1) is 21.7 Å². The Bertz CT molecular complexity index is 289. The summed E-state index contributed by atoms with van der Waals surface area (Å²) in [5.74, 6) is 0. The molecule has 0 saturated heterocycles. The molecule has 0 heterocycles. The second-order valence-electron chi connectivity index (χ2n) is 11.6. The van der Waals surface area contributed by atoms with Gasteiger partial charge >= 0.3 is 0 Å². The van der Waals surface area contributed by atoms with Gasteiger partial charge in [-0.3, -0.25) is 0 Å². The van der Waals surface area contributed by atoms with Gasteiger partial charge in [0.05, 0.1) is 0 Å². The minimum atomic E-state index is 0.542. The van der Waals surface area contributed by atoms with Gasteiger partial charge < -0.3 is 0 Å². The lowest BCUT2D eigenvalue weighted by molar-refractivity contribution is 0.240. The third kappa shape index (κ3) is 22.7. The molecule has 0 radical (unpaired) electrons. The molecule has 0 aliphatic heterocycles. The number of hydrogen-bond donors (Lipinski definition) is 0. The highest BCUT2D eigenvalue weighted by molar-refractivity contribution is 4.72. The molecule has 0 fully saturated rings. The first-order chi connectivity index (χ1) is 13.6. The molecule has 0 bridgehead atoms. The second-order valence-corrected chi connectivity index (χ2v) is 11.6. The standard InChI is InChI=1S/C9H20.C8H18.C7H16.C6H14/c1-5-9(6-2,7-3)8-4;1-5-8(4,6-2)7-3;1-5-7(3,4)6-2;1-5-6(2,3)4/h5-8H2,1-4H3;5-7H2,1-4H3;5-6H2,1-4H3;5H2,1-4H3. The quantitative estimate of drug-likeness (QED) is 0.342. The van der Waals surface area contributed by atoms with Crippen LogP contribution in [-0.4, -0.2) is 0 Å². The van der Waals surface area contributed by atoms with Gasteiger partial charge in [-0.25, -0.2) is 0 Å². The van der Waals surface area contributed by atoms with E-state index in [4.69, 9.17) is 0 Å². The Kier molecular flexibility index (Phi) is 24.5. The number of hydrogen-bond acceptors (Lipinski definition) is 0. The van der Waals surface area contributed by atoms with Gasteiger partial charge in [-0.1, -0.05) is 175 Å². The Balaban J connectivity index is -0.000000152. The lowest BCUT2D eigenvalue weighted by Gasteiger charge is -2.28. The smallest absolute Gasteiger partial charge is 0.0308 e. The summed E-state index contributed by atoms with van der Waals surface area (Å²) < 4.78 is 0. The summed E-state index contributed by atoms with van der Waals surface area (Å²) in [6.45, 7) is 36.4. The summed E-state index contributed by atoms with van der Waals surface area (Å²) in [5, 5.41) is 0. The summed E-state index contributed by atoms with van der Waals surface area (Å²) >= 11 is 0. The first-order valence-electron chi connectivity index (χ1n) is 13.6. The zero-order valence-corrected chi connectivity index (χ0v) is 25.1. The van der Waals surface area contributed by atoms with Crippen molar-refractivity contribution in [3.63, 3.8) is 0 Å². The molecule has 0 aromatic heterocycles. The summed E-state index contributed by atoms with van der Waals surface area (Å²) in [5.41, 5.74) is 2.42. The predicted octanol–water partition coefficient (Wildman–Crippen LogP) is 12.1. The van der Waals surface area contributed by atoms with Gasteiger partial charge in [0, 0.05) is 0 Å². The van der Waals surface area contributed by atoms with Gasteiger partial charge in [-0.2, -0.15) is 0 Å². The molecule has 0 N–H and O–H groups in total. The van der Waals surface area contributed by atoms with E-state index in [2.05, 4.69) is 111 Å². The Morgan fingerprint density at radius 1 is 0.333 bits per heavy atom. The molecule has 0 heteroatoms. The molecule has 0 aromatic rings. The fourth-order valence-electron chi connectivity index (χ4n) is 2.50. The third-order valence-electron chi connectivity index (χ3n) is 8.54. The lowest BCUT2D eigenvalue weighted by Crippen LogP contribution is -2.15. The molecule has 0 nitrogen and oxygen atoms in total. The van der Waals surface area contributed by atoms with E-state index in [0.29, 0.717) is 21.7 Å². The Hall–Kier alpha value is 0. The molecule has 188 valence electrons. The van der Waals surface area contributed by atoms with Gasteiger partial charge in [0.25, 0.3) is 0 Å². The van der Waals surface area contributed by atoms with Crippen LogP contribution in [0.4, 0.5) is 0 Å². The van der Waals surface area contributed by atoms with E-state index in [1.807, 2.05) is 0 Å². The summed E-state index contributed by atoms with van der Waals surface area (Å²) in [6.07, 6.45) is 13.2. The Labute approximate surface area is 196 Å². The fraction of sp³-hybridized carbons (Fsp3) is 1.00. The first kappa shape index (κ1) is 37.3. The molecule has 0 spiro atoms. The molecule has 0 atom stereocenters. The van der Waals surface area contributed by atoms with Crippen LogP contribution in [0.15, 0.2) is 0 Å². The molecule has 30 heavy (non-hydrogen) atoms. The monoisotopic (exact) mass is 429 g/mol. The fourth-order valence-corrected chi connectivity index (χ4v) is 2.50. The van der Waals surface area contributed by atoms with E-state index in [-0.39, 0.29) is 0 Å². The van der Waals surface area contributed by atoms with Crippen molar-refractivity contribution >= 4 is 0 Å². The molecule has 0 aromatic carbocycles. The van der Waals surface area contributed by atoms with Gasteiger partial charge in [-0.05, 0) is 21.7 Å². The topological polar surface area (TPSA) is 0 Å². The number of rotatable bonds is 9. The van der Waals surface area contributed by atoms with Crippen LogP contribution in [0.25, 0.3) is 0 Å². The van der Waals surface area contributed by atoms with Crippen LogP contribution in [0.3, 0.4) is 0 Å². The van der Waals surface area contributed by atoms with Gasteiger partial charge in [0.15, 0.2) is 0 Å². The maximum Gasteiger partial charge on any atom is -0.0308 e. The van der Waals surface area contributed by atoms with Crippen molar-refractivity contribution in [3.05, 3.63) is 0 Å². The van der Waals surface area contributed by atoms with Crippen molar-refractivity contribution in [2.75, 3.05) is 0 Å². The molecule has 0 saturated carbocycles. The van der Waals surface area contributed by atoms with E-state index in [1.165, 1.54) is 64.2 Å². The van der Waals surface area contributed by atoms with E-state index in [9.17, 15) is 0 Å². The zero-order chi connectivity index (χ0) is 25.1. The molecular formula is C30H68. The minimum absolute atomic E-state index is 0.542. The molecule has 0 unspecified atom stereocenters. The van der Waals surface area contributed by atoms with Crippen LogP contribution in [0.2, 0.25) is 0 Å². The SMILES string of the molecule is CCC(C)(C)C.CCC(C)(C)CC.CCC(C)(CC)CC.CCC(CC)(CC)CC. The largest absolute Gasteiger partial charge is 0.0649 e. The van der Waals surface area contributed by atoms with Gasteiger partial charge in [-0.15, -0.1) is 0 Å². The molecule has 0 aliphatic carbocycles. The van der Waals surface area contributed by atoms with Crippen molar-refractivity contribution in [2.45, 2.75) is 175 Å². The summed E-state index contributed by atoms with van der Waals surface area (Å²) in [7, 11) is 0. The summed E-state index contributed by atoms with van der Waals surface area (Å²) in [6, 6.07) is 0. The average Bonchev–Trinajstić information content (AvgIpc) is 2.76. The molecular weight excluding hydrogens is 360 g/mol. The highest BCUT2D eigenvalue weighted by atomic mass is 14.3. The van der Waals surface area contributed by atoms with Crippen molar-refractivity contribution in [1.29, 1.82) is 0 Å². The van der Waals surface area contributed by atoms with Gasteiger partial charge in [0.2, 0.25) is 0 Å². The zero-order valence-electron chi connectivity index (χ0n) is 25.1. The van der Waals surface area contributed by atoms with Crippen LogP contribution >= 0.6 is 0 Å². The molecule has 0 aliphatic rings. The van der Waals surface area contributed by atoms with Crippen LogP contribution in [0.1, 0.15) is 175 Å². The van der Waals surface area contributed by atoms with Crippen LogP contribution in [-0.2, 0) is 0 Å². The predicted molar refractivity (Wildman–Crippen MR) is 147 cm³/mol. The second kappa shape index (κ2) is 19.7. The van der Waals surface area contributed by atoms with Crippen molar-refractivity contribution < 1.29 is 0 Å². The lowest BCUT2D eigenvalue weighted by atomic mass is 9.78. The van der Waals surface area contributed by atoms with Crippen molar-refractivity contribution in [2.24, 2.45) is 21.7 Å². The van der Waals surface area contributed by atoms with Crippen LogP contribution < -0.4 is 0 Å². The van der Waals surface area contributed by atoms with E-state index in [1.54, 1.807) is 0 Å². The summed E-state index contributed by atoms with van der Waals surface area (Å²) in [4.78, 5) is 0. The van der Waals surface area contributed by atoms with Crippen molar-refractivity contribution in [3.8, 4) is 0 Å². The maximum absolute atomic E-state index is 2.35. The minimum Gasteiger partial charge on any atom is -0.0649 e. The van der Waals surface area contributed by atoms with Crippen LogP contribution in [0.5, 0.6) is 0 Å². The first-order valence-corrected chi connectivity index (χ1v) is 13.6. The van der Waals surface area contributed by atoms with Crippen molar-refractivity contribution in [1.82, 2.24) is 0 Å². The molecule has 0 rings (SSSR count). The molecule has 0 amide bonds. The Morgan fingerprint density at radius 3 is 0.567 bits per heavy atom. The third-order valence-corrected chi connectivity index (χ3v) is 8.54. The van der Waals surface area contributed by atoms with E-state index < -0.39 is 0 Å². The highest BCUT2D eigenvalue weighted by Crippen LogP contribution is 2.33.